The quantitative estimate of drug-likeness (QED) is 0.891. The summed E-state index contributed by atoms with van der Waals surface area (Å²) < 4.78 is 20.8. The average molecular weight is 301 g/mol. The fourth-order valence-corrected chi connectivity index (χ4v) is 3.05. The van der Waals surface area contributed by atoms with Crippen molar-refractivity contribution in [3.8, 4) is 0 Å². The molecule has 0 aliphatic heterocycles. The first-order valence-corrected chi connectivity index (χ1v) is 8.52. The summed E-state index contributed by atoms with van der Waals surface area (Å²) in [6.07, 6.45) is 2.10. The van der Waals surface area contributed by atoms with Crippen LogP contribution in [0.3, 0.4) is 0 Å². The van der Waals surface area contributed by atoms with Crippen molar-refractivity contribution in [2.45, 2.75) is 19.6 Å². The van der Waals surface area contributed by atoms with E-state index >= 15 is 0 Å². The van der Waals surface area contributed by atoms with Gasteiger partial charge in [-0.25, -0.2) is 0 Å². The minimum absolute atomic E-state index is 0.0470. The number of aliphatic hydroxyl groups is 1. The first-order chi connectivity index (χ1) is 8.90. The summed E-state index contributed by atoms with van der Waals surface area (Å²) >= 11 is 5.95. The Morgan fingerprint density at radius 1 is 1.42 bits per heavy atom. The lowest BCUT2D eigenvalue weighted by molar-refractivity contribution is 0.271. The highest BCUT2D eigenvalue weighted by molar-refractivity contribution is 7.91. The number of nitrogens with zero attached hydrogens (tertiary/aromatic N) is 1. The molecule has 0 saturated carbocycles. The largest absolute Gasteiger partial charge is 0.390 e. The third kappa shape index (κ3) is 3.49. The summed E-state index contributed by atoms with van der Waals surface area (Å²) in [6, 6.07) is 7.50. The van der Waals surface area contributed by atoms with E-state index in [9.17, 15) is 9.32 Å². The van der Waals surface area contributed by atoms with Crippen LogP contribution in [-0.2, 0) is 22.9 Å². The van der Waals surface area contributed by atoms with Gasteiger partial charge in [-0.3, -0.25) is 8.99 Å². The van der Waals surface area contributed by atoms with Crippen molar-refractivity contribution in [3.63, 3.8) is 0 Å². The zero-order valence-corrected chi connectivity index (χ0v) is 12.3. The number of hydrogen-bond donors (Lipinski definition) is 2. The van der Waals surface area contributed by atoms with Crippen LogP contribution in [0.25, 0.3) is 10.9 Å². The zero-order valence-electron chi connectivity index (χ0n) is 10.7. The molecule has 0 amide bonds. The molecule has 0 unspecified atom stereocenters. The minimum Gasteiger partial charge on any atom is -0.390 e. The van der Waals surface area contributed by atoms with Crippen molar-refractivity contribution in [3.05, 3.63) is 35.0 Å². The maximum absolute atomic E-state index is 11.4. The Labute approximate surface area is 118 Å². The van der Waals surface area contributed by atoms with E-state index in [-0.39, 0.29) is 6.61 Å². The van der Waals surface area contributed by atoms with Gasteiger partial charge >= 0.3 is 0 Å². The first-order valence-electron chi connectivity index (χ1n) is 6.01. The van der Waals surface area contributed by atoms with Gasteiger partial charge in [-0.05, 0) is 30.7 Å². The number of aliphatic hydroxyl groups excluding tert-OH is 1. The van der Waals surface area contributed by atoms with E-state index in [0.717, 1.165) is 16.6 Å². The van der Waals surface area contributed by atoms with Crippen LogP contribution in [0.1, 0.15) is 12.1 Å². The van der Waals surface area contributed by atoms with E-state index < -0.39 is 9.73 Å². The number of aromatic nitrogens is 1. The molecule has 0 aliphatic carbocycles. The van der Waals surface area contributed by atoms with Crippen LogP contribution in [0.2, 0.25) is 5.02 Å². The standard InChI is InChI=1S/C13H17ClN2O2S/c1-19(15,18)6-2-5-16-12(9-17)8-10-7-11(14)3-4-13(10)16/h3-4,7-8,15,17H,2,5-6,9H2,1H3/t19-/m0/s1. The van der Waals surface area contributed by atoms with E-state index in [0.29, 0.717) is 23.7 Å². The second kappa shape index (κ2) is 5.53. The fourth-order valence-electron chi connectivity index (χ4n) is 2.19. The van der Waals surface area contributed by atoms with Gasteiger partial charge in [0.15, 0.2) is 0 Å². The second-order valence-corrected chi connectivity index (χ2v) is 7.57. The molecule has 4 nitrogen and oxygen atoms in total. The molecule has 2 aromatic rings. The van der Waals surface area contributed by atoms with Gasteiger partial charge < -0.3 is 9.67 Å². The molecule has 1 atom stereocenters. The van der Waals surface area contributed by atoms with E-state index in [1.165, 1.54) is 6.26 Å². The lowest BCUT2D eigenvalue weighted by Crippen LogP contribution is -2.08. The molecule has 2 rings (SSSR count). The summed E-state index contributed by atoms with van der Waals surface area (Å²) in [5, 5.41) is 11.1. The predicted octanol–water partition coefficient (Wildman–Crippen LogP) is 2.85. The molecule has 1 heterocycles. The van der Waals surface area contributed by atoms with Crippen molar-refractivity contribution in [2.24, 2.45) is 0 Å². The Balaban J connectivity index is 2.30. The van der Waals surface area contributed by atoms with Gasteiger partial charge in [0.05, 0.1) is 6.61 Å². The predicted molar refractivity (Wildman–Crippen MR) is 79.1 cm³/mol. The monoisotopic (exact) mass is 300 g/mol. The number of fused-ring (bicyclic) bond motifs is 1. The molecule has 0 radical (unpaired) electrons. The van der Waals surface area contributed by atoms with Crippen LogP contribution >= 0.6 is 11.6 Å². The van der Waals surface area contributed by atoms with Crippen LogP contribution in [0.4, 0.5) is 0 Å². The highest BCUT2D eigenvalue weighted by Crippen LogP contribution is 2.24. The van der Waals surface area contributed by atoms with Crippen molar-refractivity contribution in [1.29, 1.82) is 4.78 Å². The number of halogens is 1. The smallest absolute Gasteiger partial charge is 0.0833 e. The number of nitrogens with one attached hydrogen (secondary N) is 1. The van der Waals surface area contributed by atoms with Gasteiger partial charge in [-0.1, -0.05) is 11.6 Å². The van der Waals surface area contributed by atoms with Crippen LogP contribution < -0.4 is 0 Å². The van der Waals surface area contributed by atoms with E-state index in [4.69, 9.17) is 16.4 Å². The molecule has 104 valence electrons. The van der Waals surface area contributed by atoms with Crippen LogP contribution in [0.15, 0.2) is 24.3 Å². The Hall–Kier alpha value is -1.04. The zero-order chi connectivity index (χ0) is 14.0. The molecule has 1 aromatic carbocycles. The molecule has 0 aliphatic rings. The Bertz CT molecular complexity index is 692. The van der Waals surface area contributed by atoms with E-state index in [1.54, 1.807) is 0 Å². The lowest BCUT2D eigenvalue weighted by Gasteiger charge is -2.09. The van der Waals surface area contributed by atoms with Crippen LogP contribution in [-0.4, -0.2) is 25.9 Å². The van der Waals surface area contributed by atoms with Crippen molar-refractivity contribution in [1.82, 2.24) is 4.57 Å². The number of benzene rings is 1. The van der Waals surface area contributed by atoms with Crippen molar-refractivity contribution >= 4 is 32.2 Å². The van der Waals surface area contributed by atoms with Gasteiger partial charge in [0.2, 0.25) is 0 Å². The lowest BCUT2D eigenvalue weighted by atomic mass is 10.2. The van der Waals surface area contributed by atoms with Crippen LogP contribution in [0.5, 0.6) is 0 Å². The molecule has 1 aromatic heterocycles. The summed E-state index contributed by atoms with van der Waals surface area (Å²) in [6.45, 7) is 0.597. The number of rotatable bonds is 5. The van der Waals surface area contributed by atoms with E-state index in [2.05, 4.69) is 0 Å². The Morgan fingerprint density at radius 3 is 2.79 bits per heavy atom. The molecular weight excluding hydrogens is 284 g/mol. The summed E-state index contributed by atoms with van der Waals surface area (Å²) in [4.78, 5) is 0. The summed E-state index contributed by atoms with van der Waals surface area (Å²) in [7, 11) is -2.45. The molecule has 0 bridgehead atoms. The fraction of sp³-hybridized carbons (Fsp3) is 0.385. The van der Waals surface area contributed by atoms with Gasteiger partial charge in [0.25, 0.3) is 0 Å². The topological polar surface area (TPSA) is 66.1 Å². The second-order valence-electron chi connectivity index (χ2n) is 4.71. The third-order valence-corrected chi connectivity index (χ3v) is 4.33. The minimum atomic E-state index is -2.45. The van der Waals surface area contributed by atoms with Crippen LogP contribution in [0, 0.1) is 4.78 Å². The third-order valence-electron chi connectivity index (χ3n) is 3.03. The Morgan fingerprint density at radius 2 is 2.16 bits per heavy atom. The number of aryl methyl sites for hydroxylation is 1. The highest BCUT2D eigenvalue weighted by atomic mass is 35.5. The van der Waals surface area contributed by atoms with Gasteiger partial charge in [0.1, 0.15) is 0 Å². The SMILES string of the molecule is C[S@](=N)(=O)CCCn1c(CO)cc2cc(Cl)ccc21. The molecule has 0 saturated heterocycles. The molecule has 6 heteroatoms. The molecule has 0 fully saturated rings. The van der Waals surface area contributed by atoms with Crippen molar-refractivity contribution < 1.29 is 9.32 Å². The summed E-state index contributed by atoms with van der Waals surface area (Å²) in [5.74, 6) is 0.366. The molecular formula is C13H17ClN2O2S. The summed E-state index contributed by atoms with van der Waals surface area (Å²) in [5.41, 5.74) is 1.81. The van der Waals surface area contributed by atoms with Gasteiger partial charge in [-0.2, -0.15) is 0 Å². The van der Waals surface area contributed by atoms with E-state index in [1.807, 2.05) is 28.8 Å². The normalized spacial score (nSPS) is 14.7. The maximum Gasteiger partial charge on any atom is 0.0833 e. The van der Waals surface area contributed by atoms with Crippen molar-refractivity contribution in [2.75, 3.05) is 12.0 Å². The average Bonchev–Trinajstić information content (AvgIpc) is 2.65. The first kappa shape index (κ1) is 14.4. The highest BCUT2D eigenvalue weighted by Gasteiger charge is 2.09. The van der Waals surface area contributed by atoms with Gasteiger partial charge in [0, 0.05) is 49.9 Å². The molecule has 0 spiro atoms. The number of hydrogen-bond acceptors (Lipinski definition) is 3. The Kier molecular flexibility index (Phi) is 4.18. The van der Waals surface area contributed by atoms with Gasteiger partial charge in [-0.15, -0.1) is 0 Å². The maximum atomic E-state index is 11.4. The molecule has 2 N–H and O–H groups in total. The molecule has 19 heavy (non-hydrogen) atoms.